The second-order valence-corrected chi connectivity index (χ2v) is 7.31. The van der Waals surface area contributed by atoms with Crippen molar-refractivity contribution in [2.24, 2.45) is 0 Å². The SMILES string of the molecule is Cc1nc(C)c(C(C)NCc2cc(C)c(C)s2)s1. The Morgan fingerprint density at radius 3 is 2.44 bits per heavy atom. The summed E-state index contributed by atoms with van der Waals surface area (Å²) < 4.78 is 0. The fraction of sp³-hybridized carbons (Fsp3) is 0.500. The summed E-state index contributed by atoms with van der Waals surface area (Å²) in [6.07, 6.45) is 0. The van der Waals surface area contributed by atoms with Crippen molar-refractivity contribution >= 4 is 22.7 Å². The first kappa shape index (κ1) is 13.7. The van der Waals surface area contributed by atoms with E-state index in [0.717, 1.165) is 17.2 Å². The van der Waals surface area contributed by atoms with Crippen molar-refractivity contribution in [3.8, 4) is 0 Å². The lowest BCUT2D eigenvalue weighted by Crippen LogP contribution is -2.17. The molecule has 0 saturated heterocycles. The predicted octanol–water partition coefficient (Wildman–Crippen LogP) is 4.29. The van der Waals surface area contributed by atoms with E-state index in [9.17, 15) is 0 Å². The molecule has 2 aromatic heterocycles. The lowest BCUT2D eigenvalue weighted by atomic mass is 10.2. The fourth-order valence-corrected chi connectivity index (χ4v) is 3.99. The van der Waals surface area contributed by atoms with E-state index in [1.54, 1.807) is 11.3 Å². The Balaban J connectivity index is 2.00. The Hall–Kier alpha value is -0.710. The average molecular weight is 280 g/mol. The molecule has 0 spiro atoms. The van der Waals surface area contributed by atoms with Crippen molar-refractivity contribution in [2.75, 3.05) is 0 Å². The molecule has 0 fully saturated rings. The number of aromatic nitrogens is 1. The number of hydrogen-bond donors (Lipinski definition) is 1. The van der Waals surface area contributed by atoms with Gasteiger partial charge in [-0.05, 0) is 46.2 Å². The molecule has 2 aromatic rings. The highest BCUT2D eigenvalue weighted by Gasteiger charge is 2.12. The molecule has 98 valence electrons. The monoisotopic (exact) mass is 280 g/mol. The first-order chi connectivity index (χ1) is 8.47. The summed E-state index contributed by atoms with van der Waals surface area (Å²) in [6.45, 7) is 11.7. The minimum Gasteiger partial charge on any atom is -0.304 e. The molecule has 0 radical (unpaired) electrons. The third-order valence-corrected chi connectivity index (χ3v) is 5.54. The highest BCUT2D eigenvalue weighted by atomic mass is 32.1. The summed E-state index contributed by atoms with van der Waals surface area (Å²) in [4.78, 5) is 8.68. The molecule has 0 aliphatic rings. The molecule has 2 nitrogen and oxygen atoms in total. The van der Waals surface area contributed by atoms with Gasteiger partial charge in [0.05, 0.1) is 10.7 Å². The summed E-state index contributed by atoms with van der Waals surface area (Å²) >= 11 is 3.68. The van der Waals surface area contributed by atoms with Gasteiger partial charge in [0, 0.05) is 27.2 Å². The summed E-state index contributed by atoms with van der Waals surface area (Å²) in [5, 5.41) is 4.74. The molecule has 2 rings (SSSR count). The number of thiazole rings is 1. The minimum absolute atomic E-state index is 0.374. The zero-order valence-corrected chi connectivity index (χ0v) is 13.3. The third kappa shape index (κ3) is 2.99. The third-order valence-electron chi connectivity index (χ3n) is 3.13. The van der Waals surface area contributed by atoms with E-state index < -0.39 is 0 Å². The molecule has 18 heavy (non-hydrogen) atoms. The summed E-state index contributed by atoms with van der Waals surface area (Å²) in [5.41, 5.74) is 2.56. The summed E-state index contributed by atoms with van der Waals surface area (Å²) in [5.74, 6) is 0. The number of thiophene rings is 1. The van der Waals surface area contributed by atoms with Gasteiger partial charge in [-0.3, -0.25) is 0 Å². The maximum absolute atomic E-state index is 4.49. The van der Waals surface area contributed by atoms with Crippen LogP contribution in [0.5, 0.6) is 0 Å². The Labute approximate surface area is 117 Å². The summed E-state index contributed by atoms with van der Waals surface area (Å²) in [6, 6.07) is 2.66. The molecule has 0 saturated carbocycles. The second-order valence-electron chi connectivity index (χ2n) is 4.74. The van der Waals surface area contributed by atoms with E-state index in [2.05, 4.69) is 51.0 Å². The van der Waals surface area contributed by atoms with E-state index in [1.165, 1.54) is 20.2 Å². The number of nitrogens with zero attached hydrogens (tertiary/aromatic N) is 1. The number of aryl methyl sites for hydroxylation is 4. The van der Waals surface area contributed by atoms with Crippen LogP contribution in [0, 0.1) is 27.7 Å². The van der Waals surface area contributed by atoms with Gasteiger partial charge in [-0.25, -0.2) is 4.98 Å². The van der Waals surface area contributed by atoms with Crippen LogP contribution in [0.25, 0.3) is 0 Å². The first-order valence-corrected chi connectivity index (χ1v) is 7.84. The minimum atomic E-state index is 0.374. The van der Waals surface area contributed by atoms with Crippen LogP contribution in [0.3, 0.4) is 0 Å². The number of rotatable bonds is 4. The maximum Gasteiger partial charge on any atom is 0.0900 e. The highest BCUT2D eigenvalue weighted by Crippen LogP contribution is 2.26. The van der Waals surface area contributed by atoms with Crippen molar-refractivity contribution in [3.05, 3.63) is 37.0 Å². The van der Waals surface area contributed by atoms with Crippen molar-refractivity contribution in [3.63, 3.8) is 0 Å². The molecule has 0 aliphatic heterocycles. The van der Waals surface area contributed by atoms with E-state index in [4.69, 9.17) is 0 Å². The zero-order valence-electron chi connectivity index (χ0n) is 11.6. The van der Waals surface area contributed by atoms with E-state index in [1.807, 2.05) is 11.3 Å². The molecule has 1 N–H and O–H groups in total. The highest BCUT2D eigenvalue weighted by molar-refractivity contribution is 7.12. The van der Waals surface area contributed by atoms with Gasteiger partial charge in [0.15, 0.2) is 0 Å². The Morgan fingerprint density at radius 2 is 1.94 bits per heavy atom. The van der Waals surface area contributed by atoms with Crippen LogP contribution in [0.15, 0.2) is 6.07 Å². The van der Waals surface area contributed by atoms with Gasteiger partial charge in [-0.15, -0.1) is 22.7 Å². The van der Waals surface area contributed by atoms with E-state index >= 15 is 0 Å². The molecule has 4 heteroatoms. The van der Waals surface area contributed by atoms with Crippen molar-refractivity contribution in [1.82, 2.24) is 10.3 Å². The van der Waals surface area contributed by atoms with E-state index in [-0.39, 0.29) is 0 Å². The first-order valence-electron chi connectivity index (χ1n) is 6.20. The van der Waals surface area contributed by atoms with Crippen LogP contribution >= 0.6 is 22.7 Å². The van der Waals surface area contributed by atoms with Gasteiger partial charge in [0.2, 0.25) is 0 Å². The number of nitrogens with one attached hydrogen (secondary N) is 1. The summed E-state index contributed by atoms with van der Waals surface area (Å²) in [7, 11) is 0. The lowest BCUT2D eigenvalue weighted by molar-refractivity contribution is 0.583. The van der Waals surface area contributed by atoms with Gasteiger partial charge in [0.25, 0.3) is 0 Å². The molecule has 2 heterocycles. The molecular formula is C14H20N2S2. The van der Waals surface area contributed by atoms with Gasteiger partial charge >= 0.3 is 0 Å². The van der Waals surface area contributed by atoms with Crippen molar-refractivity contribution < 1.29 is 0 Å². The Morgan fingerprint density at radius 1 is 1.22 bits per heavy atom. The molecule has 0 aliphatic carbocycles. The molecular weight excluding hydrogens is 260 g/mol. The smallest absolute Gasteiger partial charge is 0.0900 e. The van der Waals surface area contributed by atoms with Crippen LogP contribution in [0.1, 0.15) is 43.9 Å². The molecule has 0 amide bonds. The Kier molecular flexibility index (Phi) is 4.20. The van der Waals surface area contributed by atoms with Crippen LogP contribution in [0.2, 0.25) is 0 Å². The van der Waals surface area contributed by atoms with Crippen LogP contribution in [-0.4, -0.2) is 4.98 Å². The lowest BCUT2D eigenvalue weighted by Gasteiger charge is -2.11. The quantitative estimate of drug-likeness (QED) is 0.903. The molecule has 1 atom stereocenters. The topological polar surface area (TPSA) is 24.9 Å². The molecule has 0 aromatic carbocycles. The van der Waals surface area contributed by atoms with Gasteiger partial charge in [0.1, 0.15) is 0 Å². The van der Waals surface area contributed by atoms with Gasteiger partial charge in [-0.2, -0.15) is 0 Å². The van der Waals surface area contributed by atoms with Crippen LogP contribution in [-0.2, 0) is 6.54 Å². The maximum atomic E-state index is 4.49. The Bertz CT molecular complexity index is 520. The van der Waals surface area contributed by atoms with E-state index in [0.29, 0.717) is 6.04 Å². The zero-order chi connectivity index (χ0) is 13.3. The van der Waals surface area contributed by atoms with Crippen LogP contribution in [0.4, 0.5) is 0 Å². The molecule has 1 unspecified atom stereocenters. The van der Waals surface area contributed by atoms with Gasteiger partial charge < -0.3 is 5.32 Å². The fourth-order valence-electron chi connectivity index (χ4n) is 2.03. The van der Waals surface area contributed by atoms with Gasteiger partial charge in [-0.1, -0.05) is 0 Å². The van der Waals surface area contributed by atoms with Crippen molar-refractivity contribution in [2.45, 2.75) is 47.2 Å². The number of hydrogen-bond acceptors (Lipinski definition) is 4. The normalized spacial score (nSPS) is 12.9. The predicted molar refractivity (Wildman–Crippen MR) is 80.6 cm³/mol. The molecule has 0 bridgehead atoms. The largest absolute Gasteiger partial charge is 0.304 e. The standard InChI is InChI=1S/C14H20N2S2/c1-8-6-13(17-11(8)4)7-15-9(2)14-10(3)16-12(5)18-14/h6,9,15H,7H2,1-5H3. The van der Waals surface area contributed by atoms with Crippen LogP contribution < -0.4 is 5.32 Å². The second kappa shape index (κ2) is 5.51. The average Bonchev–Trinajstić information content (AvgIpc) is 2.79. The van der Waals surface area contributed by atoms with Crippen molar-refractivity contribution in [1.29, 1.82) is 0 Å².